The summed E-state index contributed by atoms with van der Waals surface area (Å²) in [4.78, 5) is 10.2. The van der Waals surface area contributed by atoms with Gasteiger partial charge in [-0.25, -0.2) is 0 Å². The fourth-order valence-electron chi connectivity index (χ4n) is 4.24. The Kier molecular flexibility index (Phi) is 21.4. The van der Waals surface area contributed by atoms with Gasteiger partial charge in [-0.15, -0.1) is 0 Å². The molecule has 4 nitrogen and oxygen atoms in total. The van der Waals surface area contributed by atoms with Crippen molar-refractivity contribution in [1.82, 2.24) is 5.32 Å². The van der Waals surface area contributed by atoms with E-state index in [0.717, 1.165) is 0 Å². The van der Waals surface area contributed by atoms with Crippen molar-refractivity contribution in [3.8, 4) is 0 Å². The molecule has 3 N–H and O–H groups in total. The van der Waals surface area contributed by atoms with Gasteiger partial charge < -0.3 is 15.5 Å². The molecule has 2 atom stereocenters. The maximum Gasteiger partial charge on any atom is 0.320 e. The first-order valence-electron chi connectivity index (χ1n) is 14.9. The van der Waals surface area contributed by atoms with Gasteiger partial charge in [0, 0.05) is 13.0 Å². The Morgan fingerprint density at radius 3 is 1.21 bits per heavy atom. The molecule has 4 heteroatoms. The third-order valence-electron chi connectivity index (χ3n) is 6.80. The normalized spacial score (nSPS) is 18.4. The number of aliphatic carboxylic acids is 1. The zero-order valence-corrected chi connectivity index (χ0v) is 26.4. The van der Waals surface area contributed by atoms with Gasteiger partial charge in [0.1, 0.15) is 6.04 Å². The van der Waals surface area contributed by atoms with E-state index in [4.69, 9.17) is 10.2 Å². The molecule has 0 aromatic rings. The van der Waals surface area contributed by atoms with Crippen molar-refractivity contribution in [3.05, 3.63) is 69.9 Å². The van der Waals surface area contributed by atoms with E-state index in [-0.39, 0.29) is 0 Å². The lowest BCUT2D eigenvalue weighted by molar-refractivity contribution is -0.139. The number of aliphatic hydroxyl groups excluding tert-OH is 1. The van der Waals surface area contributed by atoms with Crippen molar-refractivity contribution < 1.29 is 15.0 Å². The minimum absolute atomic E-state index is 0.329. The molecule has 0 unspecified atom stereocenters. The summed E-state index contributed by atoms with van der Waals surface area (Å²) in [6.07, 6.45) is 26.1. The smallest absolute Gasteiger partial charge is 0.320 e. The second kappa shape index (κ2) is 22.6. The highest BCUT2D eigenvalue weighted by Crippen LogP contribution is 2.14. The van der Waals surface area contributed by atoms with Crippen LogP contribution in [-0.2, 0) is 4.79 Å². The first-order valence-corrected chi connectivity index (χ1v) is 14.9. The summed E-state index contributed by atoms with van der Waals surface area (Å²) in [7, 11) is 0. The number of unbranched alkanes of at least 4 members (excludes halogenated alkanes) is 1. The van der Waals surface area contributed by atoms with Crippen LogP contribution in [0.1, 0.15) is 126 Å². The fourth-order valence-corrected chi connectivity index (χ4v) is 4.24. The molecule has 0 saturated carbocycles. The Morgan fingerprint density at radius 1 is 0.615 bits per heavy atom. The topological polar surface area (TPSA) is 69.6 Å². The Hall–Kier alpha value is -2.17. The Bertz CT molecular complexity index is 820. The van der Waals surface area contributed by atoms with Crippen molar-refractivity contribution in [2.75, 3.05) is 6.54 Å². The van der Waals surface area contributed by atoms with Gasteiger partial charge in [-0.05, 0) is 120 Å². The summed E-state index contributed by atoms with van der Waals surface area (Å²) in [6, 6.07) is -0.542. The van der Waals surface area contributed by atoms with Crippen molar-refractivity contribution in [2.45, 2.75) is 138 Å². The molecule has 0 bridgehead atoms. The van der Waals surface area contributed by atoms with Gasteiger partial charge in [0.05, 0.1) is 6.10 Å². The van der Waals surface area contributed by atoms with Crippen LogP contribution in [0, 0.1) is 0 Å². The van der Waals surface area contributed by atoms with Crippen molar-refractivity contribution in [3.63, 3.8) is 0 Å². The molecule has 1 rings (SSSR count). The van der Waals surface area contributed by atoms with E-state index in [1.807, 2.05) is 0 Å². The zero-order valence-electron chi connectivity index (χ0n) is 26.4. The third-order valence-corrected chi connectivity index (χ3v) is 6.80. The Balaban J connectivity index is 0.00000134. The summed E-state index contributed by atoms with van der Waals surface area (Å²) >= 11 is 0. The maximum atomic E-state index is 10.2. The van der Waals surface area contributed by atoms with E-state index < -0.39 is 18.1 Å². The summed E-state index contributed by atoms with van der Waals surface area (Å²) < 4.78 is 0. The Labute approximate surface area is 240 Å². The average molecular weight is 542 g/mol. The van der Waals surface area contributed by atoms with Crippen molar-refractivity contribution >= 4 is 5.97 Å². The van der Waals surface area contributed by atoms with Gasteiger partial charge in [0.25, 0.3) is 0 Å². The molecule has 0 aliphatic carbocycles. The number of hydrogen-bond acceptors (Lipinski definition) is 3. The van der Waals surface area contributed by atoms with Gasteiger partial charge in [-0.1, -0.05) is 69.9 Å². The van der Waals surface area contributed by atoms with E-state index in [1.165, 1.54) is 97.6 Å². The number of rotatable bonds is 16. The molecule has 222 valence electrons. The number of aliphatic hydroxyl groups is 1. The molecule has 0 aromatic heterocycles. The van der Waals surface area contributed by atoms with Crippen LogP contribution in [0.2, 0.25) is 0 Å². The zero-order chi connectivity index (χ0) is 29.6. The second-order valence-corrected chi connectivity index (χ2v) is 11.7. The molecule has 1 heterocycles. The van der Waals surface area contributed by atoms with Crippen LogP contribution < -0.4 is 5.32 Å². The molecule has 1 aliphatic rings. The Morgan fingerprint density at radius 2 is 0.949 bits per heavy atom. The quantitative estimate of drug-likeness (QED) is 0.134. The van der Waals surface area contributed by atoms with E-state index in [9.17, 15) is 4.79 Å². The SMILES string of the molecule is CC(C)=CCC/C(C)=C/CC/C(C)=C/CC/C=C(\C)CC/C=C(\C)CCC=C(C)C.O=C(O)[C@@H]1C[C@@H](O)CN1. The van der Waals surface area contributed by atoms with Crippen molar-refractivity contribution in [2.24, 2.45) is 0 Å². The van der Waals surface area contributed by atoms with E-state index in [1.54, 1.807) is 0 Å². The number of nitrogens with one attached hydrogen (secondary N) is 1. The summed E-state index contributed by atoms with van der Waals surface area (Å²) in [5.41, 5.74) is 8.97. The monoisotopic (exact) mass is 541 g/mol. The average Bonchev–Trinajstić information content (AvgIpc) is 3.28. The highest BCUT2D eigenvalue weighted by molar-refractivity contribution is 5.73. The number of carbonyl (C=O) groups is 1. The van der Waals surface area contributed by atoms with E-state index in [0.29, 0.717) is 13.0 Å². The standard InChI is InChI=1S/C30H50.C5H9NO3/c1-25(2)15-11-19-29(7)23-13-21-27(5)17-9-10-18-28(6)22-14-24-30(8)20-12-16-26(3)4;7-3-1-4(5(8)9)6-2-3/h15-18,23-24H,9-14,19-22H2,1-8H3;3-4,6-7H,1-2H2,(H,8,9)/b27-17+,28-18+,29-23+,30-24+;/t;3-,4+/m.1/s1. The minimum atomic E-state index is -0.883. The molecule has 1 aliphatic heterocycles. The largest absolute Gasteiger partial charge is 0.480 e. The molecule has 39 heavy (non-hydrogen) atoms. The van der Waals surface area contributed by atoms with Crippen LogP contribution in [0.3, 0.4) is 0 Å². The number of carboxylic acid groups (broad SMARTS) is 1. The maximum absolute atomic E-state index is 10.2. The number of hydrogen-bond donors (Lipinski definition) is 3. The lowest BCUT2D eigenvalue weighted by atomic mass is 10.0. The molecular formula is C35H59NO3. The van der Waals surface area contributed by atoms with Gasteiger partial charge in [0.2, 0.25) is 0 Å². The van der Waals surface area contributed by atoms with Crippen LogP contribution in [0.15, 0.2) is 69.9 Å². The van der Waals surface area contributed by atoms with E-state index >= 15 is 0 Å². The van der Waals surface area contributed by atoms with Crippen LogP contribution in [0.4, 0.5) is 0 Å². The van der Waals surface area contributed by atoms with Gasteiger partial charge in [-0.2, -0.15) is 0 Å². The summed E-state index contributed by atoms with van der Waals surface area (Å²) in [5, 5.41) is 19.8. The van der Waals surface area contributed by atoms with Crippen LogP contribution >= 0.6 is 0 Å². The molecule has 1 fully saturated rings. The highest BCUT2D eigenvalue weighted by atomic mass is 16.4. The first-order chi connectivity index (χ1) is 18.4. The summed E-state index contributed by atoms with van der Waals surface area (Å²) in [6.45, 7) is 18.2. The third kappa shape index (κ3) is 23.4. The summed E-state index contributed by atoms with van der Waals surface area (Å²) in [5.74, 6) is -0.883. The van der Waals surface area contributed by atoms with Gasteiger partial charge in [0.15, 0.2) is 0 Å². The number of allylic oxidation sites excluding steroid dienone is 12. The predicted octanol–water partition coefficient (Wildman–Crippen LogP) is 9.40. The van der Waals surface area contributed by atoms with Gasteiger partial charge in [-0.3, -0.25) is 4.79 Å². The van der Waals surface area contributed by atoms with E-state index in [2.05, 4.69) is 97.2 Å². The number of β-amino-alcohol motifs (C(OH)–C–C–N with tert-alkyl or cyclic N) is 1. The molecule has 0 aromatic carbocycles. The highest BCUT2D eigenvalue weighted by Gasteiger charge is 2.27. The molecule has 0 radical (unpaired) electrons. The van der Waals surface area contributed by atoms with Crippen LogP contribution in [0.25, 0.3) is 0 Å². The lowest BCUT2D eigenvalue weighted by Crippen LogP contribution is -2.29. The minimum Gasteiger partial charge on any atom is -0.480 e. The number of carboxylic acids is 1. The second-order valence-electron chi connectivity index (χ2n) is 11.7. The van der Waals surface area contributed by atoms with Crippen LogP contribution in [-0.4, -0.2) is 34.9 Å². The molecule has 0 spiro atoms. The van der Waals surface area contributed by atoms with Gasteiger partial charge >= 0.3 is 5.97 Å². The fraction of sp³-hybridized carbons (Fsp3) is 0.629. The molecule has 1 saturated heterocycles. The molecule has 0 amide bonds. The predicted molar refractivity (Wildman–Crippen MR) is 170 cm³/mol. The molecular weight excluding hydrogens is 482 g/mol. The van der Waals surface area contributed by atoms with Crippen molar-refractivity contribution in [1.29, 1.82) is 0 Å². The van der Waals surface area contributed by atoms with Crippen LogP contribution in [0.5, 0.6) is 0 Å². The first kappa shape index (κ1) is 36.8. The lowest BCUT2D eigenvalue weighted by Gasteiger charge is -2.02.